The van der Waals surface area contributed by atoms with Crippen molar-refractivity contribution >= 4 is 11.6 Å². The predicted octanol–water partition coefficient (Wildman–Crippen LogP) is 2.93. The maximum absolute atomic E-state index is 4.48. The molecule has 1 atom stereocenters. The second kappa shape index (κ2) is 6.42. The molecule has 0 aliphatic rings. The lowest BCUT2D eigenvalue weighted by Crippen LogP contribution is -2.19. The van der Waals surface area contributed by atoms with Crippen LogP contribution in [0.15, 0.2) is 6.07 Å². The van der Waals surface area contributed by atoms with Crippen molar-refractivity contribution in [2.45, 2.75) is 46.6 Å². The largest absolute Gasteiger partial charge is 0.373 e. The summed E-state index contributed by atoms with van der Waals surface area (Å²) in [5.74, 6) is 3.34. The molecule has 0 amide bonds. The first kappa shape index (κ1) is 13.7. The van der Waals surface area contributed by atoms with Crippen LogP contribution in [-0.4, -0.2) is 23.1 Å². The Labute approximate surface area is 104 Å². The molecule has 0 spiro atoms. The summed E-state index contributed by atoms with van der Waals surface area (Å²) in [4.78, 5) is 8.86. The van der Waals surface area contributed by atoms with Gasteiger partial charge in [-0.1, -0.05) is 20.8 Å². The molecule has 0 radical (unpaired) electrons. The van der Waals surface area contributed by atoms with Gasteiger partial charge in [0.1, 0.15) is 17.5 Å². The number of nitrogens with zero attached hydrogens (tertiary/aromatic N) is 2. The molecule has 0 fully saturated rings. The molecule has 4 nitrogen and oxygen atoms in total. The number of aryl methyl sites for hydroxylation is 1. The highest BCUT2D eigenvalue weighted by atomic mass is 15.1. The van der Waals surface area contributed by atoms with Crippen LogP contribution in [0.2, 0.25) is 0 Å². The summed E-state index contributed by atoms with van der Waals surface area (Å²) in [5.41, 5.74) is 0. The Morgan fingerprint density at radius 2 is 1.82 bits per heavy atom. The van der Waals surface area contributed by atoms with Crippen LogP contribution < -0.4 is 10.6 Å². The van der Waals surface area contributed by atoms with Gasteiger partial charge in [-0.05, 0) is 19.3 Å². The van der Waals surface area contributed by atoms with E-state index >= 15 is 0 Å². The Morgan fingerprint density at radius 3 is 2.35 bits per heavy atom. The Balaban J connectivity index is 2.75. The summed E-state index contributed by atoms with van der Waals surface area (Å²) in [5, 5.41) is 6.50. The number of hydrogen-bond acceptors (Lipinski definition) is 4. The molecule has 1 unspecified atom stereocenters. The van der Waals surface area contributed by atoms with Crippen molar-refractivity contribution in [1.82, 2.24) is 9.97 Å². The first-order valence-corrected chi connectivity index (χ1v) is 6.37. The zero-order chi connectivity index (χ0) is 12.8. The number of rotatable bonds is 6. The molecular formula is C13H24N4. The van der Waals surface area contributed by atoms with E-state index in [1.54, 1.807) is 0 Å². The molecule has 0 saturated heterocycles. The molecule has 0 saturated carbocycles. The minimum absolute atomic E-state index is 0.430. The molecule has 0 aliphatic carbocycles. The number of nitrogens with one attached hydrogen (secondary N) is 2. The van der Waals surface area contributed by atoms with Gasteiger partial charge in [-0.3, -0.25) is 0 Å². The Bertz CT molecular complexity index is 327. The van der Waals surface area contributed by atoms with Crippen LogP contribution in [0.25, 0.3) is 0 Å². The Hall–Kier alpha value is -1.32. The zero-order valence-electron chi connectivity index (χ0n) is 11.5. The van der Waals surface area contributed by atoms with Crippen LogP contribution in [0.1, 0.15) is 39.9 Å². The van der Waals surface area contributed by atoms with E-state index in [0.717, 1.165) is 30.3 Å². The van der Waals surface area contributed by atoms with Crippen molar-refractivity contribution in [3.63, 3.8) is 0 Å². The molecular weight excluding hydrogens is 212 g/mol. The lowest BCUT2D eigenvalue weighted by Gasteiger charge is -2.17. The van der Waals surface area contributed by atoms with E-state index in [4.69, 9.17) is 0 Å². The van der Waals surface area contributed by atoms with E-state index in [1.807, 2.05) is 13.1 Å². The van der Waals surface area contributed by atoms with Crippen LogP contribution in [0.5, 0.6) is 0 Å². The summed E-state index contributed by atoms with van der Waals surface area (Å²) < 4.78 is 0. The van der Waals surface area contributed by atoms with Crippen molar-refractivity contribution in [3.05, 3.63) is 11.9 Å². The van der Waals surface area contributed by atoms with Crippen LogP contribution in [-0.2, 0) is 6.42 Å². The maximum atomic E-state index is 4.48. The van der Waals surface area contributed by atoms with Gasteiger partial charge in [0, 0.05) is 25.6 Å². The molecule has 0 bridgehead atoms. The molecule has 4 heteroatoms. The number of hydrogen-bond donors (Lipinski definition) is 2. The zero-order valence-corrected chi connectivity index (χ0v) is 11.5. The minimum Gasteiger partial charge on any atom is -0.373 e. The van der Waals surface area contributed by atoms with Gasteiger partial charge in [0.05, 0.1) is 0 Å². The van der Waals surface area contributed by atoms with Gasteiger partial charge in [0.25, 0.3) is 0 Å². The molecule has 1 heterocycles. The molecule has 1 aromatic heterocycles. The fourth-order valence-electron chi connectivity index (χ4n) is 1.88. The van der Waals surface area contributed by atoms with E-state index in [9.17, 15) is 0 Å². The summed E-state index contributed by atoms with van der Waals surface area (Å²) in [6, 6.07) is 2.38. The third-order valence-electron chi connectivity index (χ3n) is 2.56. The van der Waals surface area contributed by atoms with Gasteiger partial charge in [-0.15, -0.1) is 0 Å². The summed E-state index contributed by atoms with van der Waals surface area (Å²) in [6.45, 7) is 8.71. The van der Waals surface area contributed by atoms with Crippen LogP contribution in [0.3, 0.4) is 0 Å². The predicted molar refractivity (Wildman–Crippen MR) is 73.5 cm³/mol. The Morgan fingerprint density at radius 1 is 1.18 bits per heavy atom. The number of aromatic nitrogens is 2. The topological polar surface area (TPSA) is 49.8 Å². The van der Waals surface area contributed by atoms with E-state index in [-0.39, 0.29) is 0 Å². The highest BCUT2D eigenvalue weighted by Crippen LogP contribution is 2.14. The summed E-state index contributed by atoms with van der Waals surface area (Å²) in [7, 11) is 1.88. The van der Waals surface area contributed by atoms with Gasteiger partial charge in [0.2, 0.25) is 0 Å². The van der Waals surface area contributed by atoms with E-state index in [1.165, 1.54) is 0 Å². The smallest absolute Gasteiger partial charge is 0.132 e. The van der Waals surface area contributed by atoms with E-state index in [2.05, 4.69) is 48.3 Å². The average Bonchev–Trinajstić information content (AvgIpc) is 2.27. The van der Waals surface area contributed by atoms with Crippen LogP contribution >= 0.6 is 0 Å². The second-order valence-corrected chi connectivity index (χ2v) is 4.83. The van der Waals surface area contributed by atoms with Gasteiger partial charge < -0.3 is 10.6 Å². The van der Waals surface area contributed by atoms with Crippen molar-refractivity contribution in [2.24, 2.45) is 5.92 Å². The molecule has 96 valence electrons. The lowest BCUT2D eigenvalue weighted by atomic mass is 10.1. The second-order valence-electron chi connectivity index (χ2n) is 4.83. The third-order valence-corrected chi connectivity index (χ3v) is 2.56. The van der Waals surface area contributed by atoms with Crippen molar-refractivity contribution in [3.8, 4) is 0 Å². The molecule has 17 heavy (non-hydrogen) atoms. The first-order valence-electron chi connectivity index (χ1n) is 6.37. The lowest BCUT2D eigenvalue weighted by molar-refractivity contribution is 0.538. The number of anilines is 2. The quantitative estimate of drug-likeness (QED) is 0.797. The minimum atomic E-state index is 0.430. The third kappa shape index (κ3) is 4.59. The van der Waals surface area contributed by atoms with Gasteiger partial charge >= 0.3 is 0 Å². The Kier molecular flexibility index (Phi) is 5.19. The van der Waals surface area contributed by atoms with Crippen LogP contribution in [0.4, 0.5) is 11.6 Å². The van der Waals surface area contributed by atoms with Gasteiger partial charge in [-0.25, -0.2) is 9.97 Å². The van der Waals surface area contributed by atoms with E-state index in [0.29, 0.717) is 12.0 Å². The monoisotopic (exact) mass is 236 g/mol. The van der Waals surface area contributed by atoms with Crippen molar-refractivity contribution in [2.75, 3.05) is 17.7 Å². The fourth-order valence-corrected chi connectivity index (χ4v) is 1.88. The van der Waals surface area contributed by atoms with Crippen molar-refractivity contribution < 1.29 is 0 Å². The van der Waals surface area contributed by atoms with E-state index < -0.39 is 0 Å². The average molecular weight is 236 g/mol. The molecule has 1 rings (SSSR count). The van der Waals surface area contributed by atoms with Gasteiger partial charge in [-0.2, -0.15) is 0 Å². The SMILES string of the molecule is CCc1nc(NC)cc(NC(C)CC(C)C)n1. The highest BCUT2D eigenvalue weighted by molar-refractivity contribution is 5.47. The molecule has 1 aromatic rings. The van der Waals surface area contributed by atoms with Gasteiger partial charge in [0.15, 0.2) is 0 Å². The normalized spacial score (nSPS) is 12.6. The highest BCUT2D eigenvalue weighted by Gasteiger charge is 2.07. The molecule has 2 N–H and O–H groups in total. The summed E-state index contributed by atoms with van der Waals surface area (Å²) in [6.07, 6.45) is 1.99. The molecule has 0 aliphatic heterocycles. The fraction of sp³-hybridized carbons (Fsp3) is 0.692. The first-order chi connectivity index (χ1) is 8.05. The van der Waals surface area contributed by atoms with Crippen LogP contribution in [0, 0.1) is 5.92 Å². The maximum Gasteiger partial charge on any atom is 0.132 e. The standard InChI is InChI=1S/C13H24N4/c1-6-11-16-12(14-5)8-13(17-11)15-10(4)7-9(2)3/h8-10H,6-7H2,1-5H3,(H2,14,15,16,17). The summed E-state index contributed by atoms with van der Waals surface area (Å²) >= 11 is 0. The molecule has 0 aromatic carbocycles. The van der Waals surface area contributed by atoms with Crippen molar-refractivity contribution in [1.29, 1.82) is 0 Å².